The monoisotopic (exact) mass is 454 g/mol. The summed E-state index contributed by atoms with van der Waals surface area (Å²) in [5.41, 5.74) is -0.222. The molecule has 0 radical (unpaired) electrons. The van der Waals surface area contributed by atoms with Crippen molar-refractivity contribution in [2.75, 3.05) is 0 Å². The van der Waals surface area contributed by atoms with E-state index < -0.39 is 29.2 Å². The third-order valence-electron chi connectivity index (χ3n) is 6.13. The van der Waals surface area contributed by atoms with Crippen LogP contribution in [0.5, 0.6) is 0 Å². The number of aliphatic hydroxyl groups excluding tert-OH is 1. The summed E-state index contributed by atoms with van der Waals surface area (Å²) < 4.78 is 11.0. The Kier molecular flexibility index (Phi) is 7.32. The zero-order valence-corrected chi connectivity index (χ0v) is 19.5. The van der Waals surface area contributed by atoms with Crippen LogP contribution < -0.4 is 0 Å². The lowest BCUT2D eigenvalue weighted by atomic mass is 9.79. The Balaban J connectivity index is 1.83. The molecule has 2 unspecified atom stereocenters. The molecule has 0 saturated carbocycles. The topological polar surface area (TPSA) is 107 Å². The summed E-state index contributed by atoms with van der Waals surface area (Å²) in [4.78, 5) is 51.0. The molecule has 0 aromatic carbocycles. The average molecular weight is 455 g/mol. The highest BCUT2D eigenvalue weighted by Gasteiger charge is 2.49. The summed E-state index contributed by atoms with van der Waals surface area (Å²) in [5, 5.41) is 9.79. The Morgan fingerprint density at radius 1 is 1.24 bits per heavy atom. The number of hydrogen-bond donors (Lipinski definition) is 1. The molecule has 1 aliphatic heterocycles. The van der Waals surface area contributed by atoms with E-state index in [1.165, 1.54) is 25.3 Å². The zero-order chi connectivity index (χ0) is 24.3. The van der Waals surface area contributed by atoms with Gasteiger partial charge in [-0.05, 0) is 57.8 Å². The number of ketones is 3. The minimum Gasteiger partial charge on any atom is -0.463 e. The third kappa shape index (κ3) is 4.98. The van der Waals surface area contributed by atoms with Gasteiger partial charge in [-0.3, -0.25) is 14.4 Å². The number of rotatable bonds is 7. The third-order valence-corrected chi connectivity index (χ3v) is 6.13. The van der Waals surface area contributed by atoms with E-state index in [1.807, 2.05) is 0 Å². The molecule has 2 aliphatic carbocycles. The van der Waals surface area contributed by atoms with Crippen LogP contribution in [0.4, 0.5) is 0 Å². The van der Waals surface area contributed by atoms with Crippen LogP contribution in [-0.2, 0) is 28.7 Å². The Hall–Kier alpha value is -3.06. The van der Waals surface area contributed by atoms with E-state index in [0.717, 1.165) is 25.7 Å². The van der Waals surface area contributed by atoms with Gasteiger partial charge in [0.1, 0.15) is 12.0 Å². The molecule has 0 amide bonds. The molecule has 0 aromatic heterocycles. The van der Waals surface area contributed by atoms with Gasteiger partial charge in [-0.15, -0.1) is 0 Å². The first kappa shape index (κ1) is 24.6. The number of carbonyl (C=O) groups is 4. The van der Waals surface area contributed by atoms with Crippen LogP contribution in [0.1, 0.15) is 66.2 Å². The lowest BCUT2D eigenvalue weighted by molar-refractivity contribution is -0.165. The van der Waals surface area contributed by atoms with E-state index >= 15 is 0 Å². The SMILES string of the molecule is CCCCC/C=C(\C)C(=O)OC1(C)C(=O)C=C2C=C(C3=C(C)CC(O)CC3=O)OC=C2C1=O. The number of fused-ring (bicyclic) bond motifs is 1. The first-order valence-corrected chi connectivity index (χ1v) is 11.3. The fourth-order valence-corrected chi connectivity index (χ4v) is 4.11. The van der Waals surface area contributed by atoms with E-state index in [9.17, 15) is 24.3 Å². The predicted octanol–water partition coefficient (Wildman–Crippen LogP) is 3.73. The molecule has 0 aromatic rings. The van der Waals surface area contributed by atoms with E-state index in [-0.39, 0.29) is 23.5 Å². The quantitative estimate of drug-likeness (QED) is 0.270. The van der Waals surface area contributed by atoms with E-state index in [0.29, 0.717) is 28.7 Å². The predicted molar refractivity (Wildman–Crippen MR) is 121 cm³/mol. The maximum Gasteiger partial charge on any atom is 0.334 e. The molecule has 0 fully saturated rings. The molecule has 0 bridgehead atoms. The van der Waals surface area contributed by atoms with Crippen LogP contribution in [0.15, 0.2) is 58.1 Å². The minimum absolute atomic E-state index is 0.0137. The van der Waals surface area contributed by atoms with Crippen molar-refractivity contribution >= 4 is 23.3 Å². The van der Waals surface area contributed by atoms with E-state index in [1.54, 1.807) is 19.9 Å². The van der Waals surface area contributed by atoms with Gasteiger partial charge in [0.05, 0.1) is 17.3 Å². The highest BCUT2D eigenvalue weighted by atomic mass is 16.6. The van der Waals surface area contributed by atoms with Crippen LogP contribution in [0, 0.1) is 0 Å². The molecule has 1 N–H and O–H groups in total. The van der Waals surface area contributed by atoms with Gasteiger partial charge in [-0.25, -0.2) is 4.79 Å². The second-order valence-electron chi connectivity index (χ2n) is 8.90. The normalized spacial score (nSPS) is 25.7. The summed E-state index contributed by atoms with van der Waals surface area (Å²) in [6.07, 6.45) is 9.03. The number of unbranched alkanes of at least 4 members (excludes halogenated alkanes) is 3. The largest absolute Gasteiger partial charge is 0.463 e. The lowest BCUT2D eigenvalue weighted by Crippen LogP contribution is -2.50. The van der Waals surface area contributed by atoms with Crippen LogP contribution >= 0.6 is 0 Å². The molecule has 7 heteroatoms. The van der Waals surface area contributed by atoms with Gasteiger partial charge in [-0.2, -0.15) is 0 Å². The van der Waals surface area contributed by atoms with Gasteiger partial charge in [0.2, 0.25) is 17.2 Å². The highest BCUT2D eigenvalue weighted by Crippen LogP contribution is 2.37. The molecule has 33 heavy (non-hydrogen) atoms. The number of Topliss-reactive ketones (excluding diaryl/α,β-unsaturated/α-hetero) is 2. The van der Waals surface area contributed by atoms with Gasteiger partial charge in [-0.1, -0.05) is 31.4 Å². The van der Waals surface area contributed by atoms with Crippen molar-refractivity contribution in [1.82, 2.24) is 0 Å². The number of carbonyl (C=O) groups excluding carboxylic acids is 4. The van der Waals surface area contributed by atoms with Gasteiger partial charge in [0.15, 0.2) is 5.78 Å². The van der Waals surface area contributed by atoms with Gasteiger partial charge < -0.3 is 14.6 Å². The number of allylic oxidation sites excluding steroid dienone is 4. The fraction of sp³-hybridized carbons (Fsp3) is 0.462. The summed E-state index contributed by atoms with van der Waals surface area (Å²) in [7, 11) is 0. The van der Waals surface area contributed by atoms with Crippen LogP contribution in [0.25, 0.3) is 0 Å². The minimum atomic E-state index is -1.99. The van der Waals surface area contributed by atoms with Crippen molar-refractivity contribution in [1.29, 1.82) is 0 Å². The van der Waals surface area contributed by atoms with Crippen molar-refractivity contribution in [2.45, 2.75) is 77.9 Å². The molecule has 3 rings (SSSR count). The number of ether oxygens (including phenoxy) is 2. The highest BCUT2D eigenvalue weighted by molar-refractivity contribution is 6.26. The molecular weight excluding hydrogens is 424 g/mol. The Bertz CT molecular complexity index is 1050. The summed E-state index contributed by atoms with van der Waals surface area (Å²) in [5.74, 6) is -2.08. The molecule has 3 aliphatic rings. The Morgan fingerprint density at radius 2 is 1.97 bits per heavy atom. The smallest absolute Gasteiger partial charge is 0.334 e. The van der Waals surface area contributed by atoms with Gasteiger partial charge in [0, 0.05) is 12.0 Å². The van der Waals surface area contributed by atoms with Crippen LogP contribution in [0.3, 0.4) is 0 Å². The molecule has 0 spiro atoms. The fourth-order valence-electron chi connectivity index (χ4n) is 4.11. The van der Waals surface area contributed by atoms with Gasteiger partial charge in [0.25, 0.3) is 0 Å². The number of esters is 1. The second kappa shape index (κ2) is 9.83. The van der Waals surface area contributed by atoms with Crippen molar-refractivity contribution in [2.24, 2.45) is 0 Å². The molecule has 176 valence electrons. The molecular formula is C26H30O7. The standard InChI is InChI=1S/C26H30O7/c1-5-6-7-8-9-15(2)25(31)33-26(4)22(29)12-17-11-21(32-14-19(17)24(26)30)23-16(3)10-18(27)13-20(23)28/h9,11-12,14,18,27H,5-8,10,13H2,1-4H3/b15-9+. The first-order valence-electron chi connectivity index (χ1n) is 11.3. The summed E-state index contributed by atoms with van der Waals surface area (Å²) in [6, 6.07) is 0. The molecule has 7 nitrogen and oxygen atoms in total. The van der Waals surface area contributed by atoms with Crippen LogP contribution in [-0.4, -0.2) is 40.1 Å². The molecule has 2 atom stereocenters. The van der Waals surface area contributed by atoms with E-state index in [2.05, 4.69) is 6.92 Å². The average Bonchev–Trinajstić information content (AvgIpc) is 2.74. The summed E-state index contributed by atoms with van der Waals surface area (Å²) >= 11 is 0. The second-order valence-corrected chi connectivity index (χ2v) is 8.90. The maximum absolute atomic E-state index is 13.2. The van der Waals surface area contributed by atoms with Crippen molar-refractivity contribution in [3.05, 3.63) is 58.1 Å². The number of aliphatic hydroxyl groups is 1. The molecule has 1 heterocycles. The van der Waals surface area contributed by atoms with Crippen molar-refractivity contribution < 1.29 is 33.8 Å². The maximum atomic E-state index is 13.2. The van der Waals surface area contributed by atoms with Crippen molar-refractivity contribution in [3.63, 3.8) is 0 Å². The first-order chi connectivity index (χ1) is 15.6. The van der Waals surface area contributed by atoms with Crippen LogP contribution in [0.2, 0.25) is 0 Å². The Labute approximate surface area is 193 Å². The van der Waals surface area contributed by atoms with Crippen molar-refractivity contribution in [3.8, 4) is 0 Å². The van der Waals surface area contributed by atoms with Gasteiger partial charge >= 0.3 is 5.97 Å². The Morgan fingerprint density at radius 3 is 2.64 bits per heavy atom. The number of hydrogen-bond acceptors (Lipinski definition) is 7. The lowest BCUT2D eigenvalue weighted by Gasteiger charge is -2.32. The summed E-state index contributed by atoms with van der Waals surface area (Å²) in [6.45, 7) is 6.71. The molecule has 0 saturated heterocycles. The zero-order valence-electron chi connectivity index (χ0n) is 19.5. The van der Waals surface area contributed by atoms with E-state index in [4.69, 9.17) is 9.47 Å².